The van der Waals surface area contributed by atoms with E-state index >= 15 is 0 Å². The number of primary amides is 1. The maximum Gasteiger partial charge on any atom is 0.326 e. The molecular weight excluding hydrogens is 382 g/mol. The van der Waals surface area contributed by atoms with Crippen LogP contribution in [0.3, 0.4) is 0 Å². The second kappa shape index (κ2) is 12.7. The Labute approximate surface area is 170 Å². The topological polar surface area (TPSA) is 194 Å². The maximum atomic E-state index is 12.5. The predicted octanol–water partition coefficient (Wildman–Crippen LogP) is -1.55. The molecule has 0 heterocycles. The average molecular weight is 415 g/mol. The first kappa shape index (κ1) is 26.3. The van der Waals surface area contributed by atoms with E-state index in [2.05, 4.69) is 16.0 Å². The van der Waals surface area contributed by atoms with Gasteiger partial charge < -0.3 is 32.5 Å². The molecule has 0 aliphatic heterocycles. The average Bonchev–Trinajstić information content (AvgIpc) is 2.61. The van der Waals surface area contributed by atoms with Crippen LogP contribution < -0.4 is 27.4 Å². The summed E-state index contributed by atoms with van der Waals surface area (Å²) in [7, 11) is 0. The summed E-state index contributed by atoms with van der Waals surface area (Å²) in [5.41, 5.74) is 10.8. The third-order valence-electron chi connectivity index (χ3n) is 4.32. The van der Waals surface area contributed by atoms with Gasteiger partial charge in [0.25, 0.3) is 0 Å². The lowest BCUT2D eigenvalue weighted by Crippen LogP contribution is -2.55. The maximum absolute atomic E-state index is 12.5. The second-order valence-corrected chi connectivity index (χ2v) is 7.45. The van der Waals surface area contributed by atoms with Gasteiger partial charge in [-0.25, -0.2) is 4.79 Å². The highest BCUT2D eigenvalue weighted by Crippen LogP contribution is 2.09. The Balaban J connectivity index is 4.90. The minimum atomic E-state index is -1.49. The standard InChI is InChI=1S/C18H33N5O6/c1-5-10(4)15(23-16(26)11(19)6-9(2)3)17(27)21-8-14(25)22-12(18(28)29)7-13(20)24/h9-12,15H,5-8,19H2,1-4H3,(H2,20,24)(H,21,27)(H,22,25)(H,23,26)(H,28,29). The number of rotatable bonds is 13. The quantitative estimate of drug-likeness (QED) is 0.209. The van der Waals surface area contributed by atoms with Crippen LogP contribution in [0.25, 0.3) is 0 Å². The molecule has 29 heavy (non-hydrogen) atoms. The van der Waals surface area contributed by atoms with Crippen LogP contribution in [-0.2, 0) is 24.0 Å². The Hall–Kier alpha value is -2.69. The van der Waals surface area contributed by atoms with E-state index in [0.29, 0.717) is 12.8 Å². The molecule has 0 bridgehead atoms. The SMILES string of the molecule is CCC(C)C(NC(=O)C(N)CC(C)C)C(=O)NCC(=O)NC(CC(N)=O)C(=O)O. The highest BCUT2D eigenvalue weighted by atomic mass is 16.4. The number of carboxylic acids is 1. The molecule has 166 valence electrons. The predicted molar refractivity (Wildman–Crippen MR) is 105 cm³/mol. The normalized spacial score (nSPS) is 15.0. The molecule has 0 fully saturated rings. The lowest BCUT2D eigenvalue weighted by Gasteiger charge is -2.25. The van der Waals surface area contributed by atoms with Crippen molar-refractivity contribution in [3.63, 3.8) is 0 Å². The number of nitrogens with two attached hydrogens (primary N) is 2. The number of aliphatic carboxylic acids is 1. The minimum absolute atomic E-state index is 0.206. The number of carboxylic acid groups (broad SMARTS) is 1. The zero-order chi connectivity index (χ0) is 22.7. The third kappa shape index (κ3) is 10.4. The van der Waals surface area contributed by atoms with Crippen molar-refractivity contribution < 1.29 is 29.1 Å². The summed E-state index contributed by atoms with van der Waals surface area (Å²) in [6.07, 6.45) is 0.470. The van der Waals surface area contributed by atoms with Crippen molar-refractivity contribution in [2.75, 3.05) is 6.54 Å². The van der Waals surface area contributed by atoms with Gasteiger partial charge in [0.05, 0.1) is 19.0 Å². The van der Waals surface area contributed by atoms with Crippen molar-refractivity contribution in [3.05, 3.63) is 0 Å². The van der Waals surface area contributed by atoms with Crippen LogP contribution in [0.4, 0.5) is 0 Å². The highest BCUT2D eigenvalue weighted by Gasteiger charge is 2.29. The van der Waals surface area contributed by atoms with E-state index in [0.717, 1.165) is 0 Å². The number of hydrogen-bond donors (Lipinski definition) is 6. The van der Waals surface area contributed by atoms with Crippen molar-refractivity contribution in [2.45, 2.75) is 65.1 Å². The lowest BCUT2D eigenvalue weighted by atomic mass is 9.97. The summed E-state index contributed by atoms with van der Waals surface area (Å²) in [6.45, 7) is 6.94. The van der Waals surface area contributed by atoms with Gasteiger partial charge in [0.2, 0.25) is 23.6 Å². The summed E-state index contributed by atoms with van der Waals surface area (Å²) in [5, 5.41) is 16.1. The van der Waals surface area contributed by atoms with E-state index in [1.807, 2.05) is 20.8 Å². The molecule has 0 saturated carbocycles. The molecule has 4 amide bonds. The van der Waals surface area contributed by atoms with Crippen molar-refractivity contribution in [1.82, 2.24) is 16.0 Å². The number of carbonyl (C=O) groups is 5. The van der Waals surface area contributed by atoms with Crippen molar-refractivity contribution in [2.24, 2.45) is 23.3 Å². The fraction of sp³-hybridized carbons (Fsp3) is 0.722. The van der Waals surface area contributed by atoms with Gasteiger partial charge in [0.15, 0.2) is 0 Å². The van der Waals surface area contributed by atoms with E-state index in [-0.39, 0.29) is 11.8 Å². The van der Waals surface area contributed by atoms with Crippen LogP contribution in [0.5, 0.6) is 0 Å². The van der Waals surface area contributed by atoms with Gasteiger partial charge in [0.1, 0.15) is 12.1 Å². The Morgan fingerprint density at radius 2 is 1.59 bits per heavy atom. The summed E-state index contributed by atoms with van der Waals surface area (Å²) >= 11 is 0. The summed E-state index contributed by atoms with van der Waals surface area (Å²) in [6, 6.07) is -3.15. The van der Waals surface area contributed by atoms with Gasteiger partial charge in [-0.05, 0) is 18.3 Å². The van der Waals surface area contributed by atoms with Crippen molar-refractivity contribution >= 4 is 29.6 Å². The molecule has 0 radical (unpaired) electrons. The number of hydrogen-bond acceptors (Lipinski definition) is 6. The van der Waals surface area contributed by atoms with Crippen LogP contribution >= 0.6 is 0 Å². The third-order valence-corrected chi connectivity index (χ3v) is 4.32. The second-order valence-electron chi connectivity index (χ2n) is 7.45. The van der Waals surface area contributed by atoms with Gasteiger partial charge in [-0.2, -0.15) is 0 Å². The van der Waals surface area contributed by atoms with Crippen LogP contribution in [-0.4, -0.2) is 59.4 Å². The molecule has 4 unspecified atom stereocenters. The van der Waals surface area contributed by atoms with Gasteiger partial charge in [-0.3, -0.25) is 19.2 Å². The molecule has 4 atom stereocenters. The molecule has 0 aliphatic carbocycles. The van der Waals surface area contributed by atoms with Gasteiger partial charge in [-0.15, -0.1) is 0 Å². The number of amides is 4. The largest absolute Gasteiger partial charge is 0.480 e. The number of nitrogens with one attached hydrogen (secondary N) is 3. The van der Waals surface area contributed by atoms with Crippen LogP contribution in [0.2, 0.25) is 0 Å². The molecule has 11 heteroatoms. The zero-order valence-corrected chi connectivity index (χ0v) is 17.4. The van der Waals surface area contributed by atoms with E-state index in [4.69, 9.17) is 16.6 Å². The van der Waals surface area contributed by atoms with Crippen molar-refractivity contribution in [1.29, 1.82) is 0 Å². The molecule has 0 aromatic heterocycles. The first-order chi connectivity index (χ1) is 13.4. The van der Waals surface area contributed by atoms with E-state index < -0.39 is 60.7 Å². The summed E-state index contributed by atoms with van der Waals surface area (Å²) < 4.78 is 0. The molecule has 11 nitrogen and oxygen atoms in total. The highest BCUT2D eigenvalue weighted by molar-refractivity contribution is 5.93. The van der Waals surface area contributed by atoms with E-state index in [1.54, 1.807) is 6.92 Å². The first-order valence-electron chi connectivity index (χ1n) is 9.53. The zero-order valence-electron chi connectivity index (χ0n) is 17.4. The Bertz CT molecular complexity index is 610. The first-order valence-corrected chi connectivity index (χ1v) is 9.53. The molecule has 0 aromatic carbocycles. The molecule has 0 rings (SSSR count). The van der Waals surface area contributed by atoms with E-state index in [9.17, 15) is 24.0 Å². The molecule has 0 aromatic rings. The van der Waals surface area contributed by atoms with Gasteiger partial charge in [0, 0.05) is 0 Å². The molecular formula is C18H33N5O6. The number of carbonyl (C=O) groups excluding carboxylic acids is 4. The van der Waals surface area contributed by atoms with E-state index in [1.165, 1.54) is 0 Å². The monoisotopic (exact) mass is 415 g/mol. The Morgan fingerprint density at radius 1 is 1.00 bits per heavy atom. The fourth-order valence-corrected chi connectivity index (χ4v) is 2.50. The van der Waals surface area contributed by atoms with Crippen LogP contribution in [0.15, 0.2) is 0 Å². The summed E-state index contributed by atoms with van der Waals surface area (Å²) in [4.78, 5) is 58.6. The smallest absolute Gasteiger partial charge is 0.326 e. The summed E-state index contributed by atoms with van der Waals surface area (Å²) in [5.74, 6) is -4.20. The minimum Gasteiger partial charge on any atom is -0.480 e. The van der Waals surface area contributed by atoms with Gasteiger partial charge >= 0.3 is 5.97 Å². The Morgan fingerprint density at radius 3 is 2.03 bits per heavy atom. The molecule has 0 spiro atoms. The van der Waals surface area contributed by atoms with Crippen molar-refractivity contribution in [3.8, 4) is 0 Å². The Kier molecular flexibility index (Phi) is 11.5. The lowest BCUT2D eigenvalue weighted by molar-refractivity contribution is -0.143. The van der Waals surface area contributed by atoms with Crippen LogP contribution in [0, 0.1) is 11.8 Å². The molecule has 0 saturated heterocycles. The molecule has 8 N–H and O–H groups in total. The van der Waals surface area contributed by atoms with Gasteiger partial charge in [-0.1, -0.05) is 34.1 Å². The molecule has 0 aliphatic rings. The van der Waals surface area contributed by atoms with Crippen LogP contribution in [0.1, 0.15) is 47.0 Å². The fourth-order valence-electron chi connectivity index (χ4n) is 2.50.